The van der Waals surface area contributed by atoms with Crippen LogP contribution in [0.2, 0.25) is 0 Å². The fraction of sp³-hybridized carbons (Fsp3) is 0.632. The minimum Gasteiger partial charge on any atom is -0.393 e. The summed E-state index contributed by atoms with van der Waals surface area (Å²) < 4.78 is 0. The highest BCUT2D eigenvalue weighted by Gasteiger charge is 2.35. The Morgan fingerprint density at radius 2 is 2.04 bits per heavy atom. The molecule has 4 nitrogen and oxygen atoms in total. The zero-order valence-corrected chi connectivity index (χ0v) is 13.9. The minimum atomic E-state index is -0.179. The Labute approximate surface area is 138 Å². The second kappa shape index (κ2) is 7.45. The van der Waals surface area contributed by atoms with Crippen LogP contribution in [0, 0.1) is 11.8 Å². The Kier molecular flexibility index (Phi) is 5.34. The van der Waals surface area contributed by atoms with Gasteiger partial charge in [-0.05, 0) is 43.1 Å². The molecule has 4 heteroatoms. The van der Waals surface area contributed by atoms with E-state index >= 15 is 0 Å². The second-order valence-electron chi connectivity index (χ2n) is 7.23. The molecule has 3 atom stereocenters. The van der Waals surface area contributed by atoms with Crippen LogP contribution in [-0.4, -0.2) is 41.1 Å². The molecule has 126 valence electrons. The SMILES string of the molecule is CC(=O)N1CC(CC(O)C2CC2)CC(NCc2ccccc2)C1. The van der Waals surface area contributed by atoms with Gasteiger partial charge >= 0.3 is 0 Å². The quantitative estimate of drug-likeness (QED) is 0.846. The lowest BCUT2D eigenvalue weighted by molar-refractivity contribution is -0.131. The monoisotopic (exact) mass is 316 g/mol. The van der Waals surface area contributed by atoms with Crippen molar-refractivity contribution in [2.24, 2.45) is 11.8 Å². The number of carbonyl (C=O) groups is 1. The summed E-state index contributed by atoms with van der Waals surface area (Å²) in [5, 5.41) is 13.8. The summed E-state index contributed by atoms with van der Waals surface area (Å²) in [5.74, 6) is 1.05. The molecule has 1 aromatic rings. The van der Waals surface area contributed by atoms with Gasteiger partial charge in [0.15, 0.2) is 0 Å². The molecule has 0 spiro atoms. The average Bonchev–Trinajstić information content (AvgIpc) is 3.38. The number of rotatable bonds is 6. The number of aliphatic hydroxyl groups excluding tert-OH is 1. The number of hydrogen-bond acceptors (Lipinski definition) is 3. The van der Waals surface area contributed by atoms with Crippen LogP contribution in [0.15, 0.2) is 30.3 Å². The summed E-state index contributed by atoms with van der Waals surface area (Å²) in [6.07, 6.45) is 4.03. The molecule has 0 radical (unpaired) electrons. The van der Waals surface area contributed by atoms with E-state index in [4.69, 9.17) is 0 Å². The molecule has 1 aliphatic heterocycles. The van der Waals surface area contributed by atoms with E-state index in [0.29, 0.717) is 17.9 Å². The van der Waals surface area contributed by atoms with Crippen molar-refractivity contribution >= 4 is 5.91 Å². The Hall–Kier alpha value is -1.39. The normalized spacial score (nSPS) is 26.1. The summed E-state index contributed by atoms with van der Waals surface area (Å²) in [5.41, 5.74) is 1.27. The molecule has 3 rings (SSSR count). The van der Waals surface area contributed by atoms with E-state index < -0.39 is 0 Å². The van der Waals surface area contributed by atoms with Crippen molar-refractivity contribution in [2.75, 3.05) is 13.1 Å². The fourth-order valence-corrected chi connectivity index (χ4v) is 3.65. The van der Waals surface area contributed by atoms with Crippen molar-refractivity contribution < 1.29 is 9.90 Å². The Balaban J connectivity index is 1.56. The van der Waals surface area contributed by atoms with Gasteiger partial charge in [0.2, 0.25) is 5.91 Å². The number of benzene rings is 1. The van der Waals surface area contributed by atoms with Crippen LogP contribution < -0.4 is 5.32 Å². The summed E-state index contributed by atoms with van der Waals surface area (Å²) in [6.45, 7) is 4.05. The maximum atomic E-state index is 11.8. The molecule has 3 unspecified atom stereocenters. The molecule has 23 heavy (non-hydrogen) atoms. The topological polar surface area (TPSA) is 52.6 Å². The van der Waals surface area contributed by atoms with Crippen LogP contribution in [0.5, 0.6) is 0 Å². The predicted molar refractivity (Wildman–Crippen MR) is 90.8 cm³/mol. The van der Waals surface area contributed by atoms with Gasteiger partial charge in [-0.2, -0.15) is 0 Å². The standard InChI is InChI=1S/C19H28N2O2/c1-14(22)21-12-16(10-19(23)17-7-8-17)9-18(13-21)20-11-15-5-3-2-4-6-15/h2-6,16-20,23H,7-13H2,1H3. The van der Waals surface area contributed by atoms with Crippen molar-refractivity contribution in [3.8, 4) is 0 Å². The first-order chi connectivity index (χ1) is 11.1. The van der Waals surface area contributed by atoms with Gasteiger partial charge in [0.1, 0.15) is 0 Å². The zero-order chi connectivity index (χ0) is 16.2. The fourth-order valence-electron chi connectivity index (χ4n) is 3.65. The molecule has 1 saturated carbocycles. The lowest BCUT2D eigenvalue weighted by atomic mass is 9.88. The van der Waals surface area contributed by atoms with Crippen LogP contribution >= 0.6 is 0 Å². The number of nitrogens with zero attached hydrogens (tertiary/aromatic N) is 1. The van der Waals surface area contributed by atoms with Gasteiger partial charge in [-0.15, -0.1) is 0 Å². The summed E-state index contributed by atoms with van der Waals surface area (Å²) >= 11 is 0. The van der Waals surface area contributed by atoms with Crippen LogP contribution in [-0.2, 0) is 11.3 Å². The Morgan fingerprint density at radius 3 is 2.70 bits per heavy atom. The molecule has 2 N–H and O–H groups in total. The first kappa shape index (κ1) is 16.5. The molecule has 1 heterocycles. The van der Waals surface area contributed by atoms with Crippen LogP contribution in [0.25, 0.3) is 0 Å². The van der Waals surface area contributed by atoms with Gasteiger partial charge in [-0.1, -0.05) is 30.3 Å². The van der Waals surface area contributed by atoms with E-state index in [2.05, 4.69) is 29.6 Å². The highest BCUT2D eigenvalue weighted by molar-refractivity contribution is 5.73. The number of likely N-dealkylation sites (tertiary alicyclic amines) is 1. The molecule has 0 aromatic heterocycles. The molecule has 0 bridgehead atoms. The average molecular weight is 316 g/mol. The van der Waals surface area contributed by atoms with E-state index in [-0.39, 0.29) is 12.0 Å². The van der Waals surface area contributed by atoms with E-state index in [0.717, 1.165) is 32.5 Å². The van der Waals surface area contributed by atoms with Crippen LogP contribution in [0.3, 0.4) is 0 Å². The Bertz CT molecular complexity index is 515. The molecule has 2 fully saturated rings. The zero-order valence-electron chi connectivity index (χ0n) is 13.9. The third kappa shape index (κ3) is 4.79. The number of nitrogens with one attached hydrogen (secondary N) is 1. The molecule has 1 aromatic carbocycles. The molecular formula is C19H28N2O2. The van der Waals surface area contributed by atoms with Gasteiger partial charge in [-0.25, -0.2) is 0 Å². The lowest BCUT2D eigenvalue weighted by Crippen LogP contribution is -2.51. The summed E-state index contributed by atoms with van der Waals surface area (Å²) in [4.78, 5) is 13.8. The number of hydrogen-bond donors (Lipinski definition) is 2. The largest absolute Gasteiger partial charge is 0.393 e. The number of amides is 1. The van der Waals surface area contributed by atoms with E-state index in [1.54, 1.807) is 6.92 Å². The molecule has 2 aliphatic rings. The van der Waals surface area contributed by atoms with Gasteiger partial charge < -0.3 is 15.3 Å². The number of piperidine rings is 1. The minimum absolute atomic E-state index is 0.141. The molecule has 1 aliphatic carbocycles. The van der Waals surface area contributed by atoms with Crippen molar-refractivity contribution in [3.63, 3.8) is 0 Å². The predicted octanol–water partition coefficient (Wildman–Crippen LogP) is 2.17. The van der Waals surface area contributed by atoms with Gasteiger partial charge in [0.05, 0.1) is 6.10 Å². The smallest absolute Gasteiger partial charge is 0.219 e. The van der Waals surface area contributed by atoms with E-state index in [9.17, 15) is 9.90 Å². The maximum Gasteiger partial charge on any atom is 0.219 e. The number of carbonyl (C=O) groups excluding carboxylic acids is 1. The highest BCUT2D eigenvalue weighted by atomic mass is 16.3. The maximum absolute atomic E-state index is 11.8. The van der Waals surface area contributed by atoms with Crippen LogP contribution in [0.4, 0.5) is 0 Å². The van der Waals surface area contributed by atoms with Crippen molar-refractivity contribution in [1.29, 1.82) is 0 Å². The van der Waals surface area contributed by atoms with E-state index in [1.807, 2.05) is 11.0 Å². The van der Waals surface area contributed by atoms with Crippen molar-refractivity contribution in [2.45, 2.75) is 51.3 Å². The van der Waals surface area contributed by atoms with Crippen molar-refractivity contribution in [3.05, 3.63) is 35.9 Å². The molecular weight excluding hydrogens is 288 g/mol. The first-order valence-electron chi connectivity index (χ1n) is 8.82. The molecule has 1 saturated heterocycles. The van der Waals surface area contributed by atoms with E-state index in [1.165, 1.54) is 18.4 Å². The number of aliphatic hydroxyl groups is 1. The summed E-state index contributed by atoms with van der Waals surface area (Å²) in [6, 6.07) is 10.7. The van der Waals surface area contributed by atoms with Gasteiger partial charge in [0.25, 0.3) is 0 Å². The molecule has 1 amide bonds. The van der Waals surface area contributed by atoms with Gasteiger partial charge in [0, 0.05) is 32.6 Å². The van der Waals surface area contributed by atoms with Crippen LogP contribution in [0.1, 0.15) is 38.2 Å². The third-order valence-corrected chi connectivity index (χ3v) is 5.16. The lowest BCUT2D eigenvalue weighted by Gasteiger charge is -2.38. The Morgan fingerprint density at radius 1 is 1.30 bits per heavy atom. The summed E-state index contributed by atoms with van der Waals surface area (Å²) in [7, 11) is 0. The second-order valence-corrected chi connectivity index (χ2v) is 7.23. The third-order valence-electron chi connectivity index (χ3n) is 5.16. The first-order valence-corrected chi connectivity index (χ1v) is 8.82. The van der Waals surface area contributed by atoms with Gasteiger partial charge in [-0.3, -0.25) is 4.79 Å². The van der Waals surface area contributed by atoms with Crippen molar-refractivity contribution in [1.82, 2.24) is 10.2 Å². The highest BCUT2D eigenvalue weighted by Crippen LogP contribution is 2.36.